The molecule has 1 saturated heterocycles. The molecular formula is C21H31N5O2. The number of carbonyl (C=O) groups excluding carboxylic acids is 1. The van der Waals surface area contributed by atoms with Gasteiger partial charge in [0.2, 0.25) is 0 Å². The maximum atomic E-state index is 12.6. The van der Waals surface area contributed by atoms with E-state index in [4.69, 9.17) is 4.74 Å². The first kappa shape index (κ1) is 20.4. The molecule has 2 heterocycles. The second-order valence-corrected chi connectivity index (χ2v) is 7.55. The predicted octanol–water partition coefficient (Wildman–Crippen LogP) is 3.23. The van der Waals surface area contributed by atoms with E-state index in [0.717, 1.165) is 56.2 Å². The molecule has 3 rings (SSSR count). The number of hydrogen-bond acceptors (Lipinski definition) is 4. The smallest absolute Gasteiger partial charge is 0.319 e. The van der Waals surface area contributed by atoms with Crippen molar-refractivity contribution in [2.24, 2.45) is 0 Å². The average Bonchev–Trinajstić information content (AvgIpc) is 3.12. The molecule has 1 aromatic heterocycles. The molecular weight excluding hydrogens is 354 g/mol. The fourth-order valence-corrected chi connectivity index (χ4v) is 3.65. The van der Waals surface area contributed by atoms with Crippen molar-refractivity contribution >= 4 is 11.7 Å². The van der Waals surface area contributed by atoms with Crippen molar-refractivity contribution in [3.63, 3.8) is 0 Å². The SMILES string of the molecule is COCCN1CCC(NC(=O)Nc2cnn(-c3ccccc3)c2C(C)C)CC1. The first-order valence-corrected chi connectivity index (χ1v) is 10.0. The van der Waals surface area contributed by atoms with Gasteiger partial charge in [0.05, 0.1) is 29.9 Å². The number of para-hydroxylation sites is 1. The second kappa shape index (κ2) is 9.71. The summed E-state index contributed by atoms with van der Waals surface area (Å²) in [6.45, 7) is 7.88. The summed E-state index contributed by atoms with van der Waals surface area (Å²) in [7, 11) is 1.73. The molecule has 7 heteroatoms. The van der Waals surface area contributed by atoms with E-state index in [0.29, 0.717) is 0 Å². The number of hydrogen-bond donors (Lipinski definition) is 2. The highest BCUT2D eigenvalue weighted by Crippen LogP contribution is 2.26. The van der Waals surface area contributed by atoms with Gasteiger partial charge < -0.3 is 20.3 Å². The number of nitrogens with zero attached hydrogens (tertiary/aromatic N) is 3. The number of likely N-dealkylation sites (tertiary alicyclic amines) is 1. The number of amides is 2. The third-order valence-corrected chi connectivity index (χ3v) is 5.14. The summed E-state index contributed by atoms with van der Waals surface area (Å²) in [5.74, 6) is 0.224. The van der Waals surface area contributed by atoms with Crippen molar-refractivity contribution < 1.29 is 9.53 Å². The third kappa shape index (κ3) is 5.11. The Kier molecular flexibility index (Phi) is 7.06. The van der Waals surface area contributed by atoms with Gasteiger partial charge in [-0.3, -0.25) is 0 Å². The fourth-order valence-electron chi connectivity index (χ4n) is 3.65. The molecule has 2 aromatic rings. The first-order chi connectivity index (χ1) is 13.6. The number of rotatable bonds is 7. The molecule has 2 amide bonds. The number of aromatic nitrogens is 2. The first-order valence-electron chi connectivity index (χ1n) is 10.0. The summed E-state index contributed by atoms with van der Waals surface area (Å²) in [6, 6.07) is 10.0. The minimum absolute atomic E-state index is 0.162. The van der Waals surface area contributed by atoms with Crippen LogP contribution in [-0.4, -0.2) is 60.1 Å². The van der Waals surface area contributed by atoms with Crippen molar-refractivity contribution in [1.29, 1.82) is 0 Å². The molecule has 1 aliphatic rings. The summed E-state index contributed by atoms with van der Waals surface area (Å²) in [5, 5.41) is 10.6. The van der Waals surface area contributed by atoms with Crippen LogP contribution in [0.1, 0.15) is 38.3 Å². The van der Waals surface area contributed by atoms with E-state index in [9.17, 15) is 4.79 Å². The van der Waals surface area contributed by atoms with Gasteiger partial charge in [-0.2, -0.15) is 5.10 Å². The van der Waals surface area contributed by atoms with Crippen LogP contribution in [0.3, 0.4) is 0 Å². The van der Waals surface area contributed by atoms with Gasteiger partial charge in [0.25, 0.3) is 0 Å². The lowest BCUT2D eigenvalue weighted by molar-refractivity contribution is 0.127. The van der Waals surface area contributed by atoms with E-state index in [-0.39, 0.29) is 18.0 Å². The Balaban J connectivity index is 1.60. The van der Waals surface area contributed by atoms with Gasteiger partial charge in [0.15, 0.2) is 0 Å². The van der Waals surface area contributed by atoms with Crippen LogP contribution in [0.5, 0.6) is 0 Å². The van der Waals surface area contributed by atoms with Crippen LogP contribution in [0.15, 0.2) is 36.5 Å². The van der Waals surface area contributed by atoms with Gasteiger partial charge in [-0.25, -0.2) is 9.48 Å². The topological polar surface area (TPSA) is 71.4 Å². The third-order valence-electron chi connectivity index (χ3n) is 5.14. The number of nitrogens with one attached hydrogen (secondary N) is 2. The lowest BCUT2D eigenvalue weighted by atomic mass is 10.1. The van der Waals surface area contributed by atoms with Crippen molar-refractivity contribution in [2.75, 3.05) is 38.7 Å². The number of urea groups is 1. The van der Waals surface area contributed by atoms with Crippen LogP contribution in [-0.2, 0) is 4.74 Å². The number of methoxy groups -OCH3 is 1. The van der Waals surface area contributed by atoms with Crippen molar-refractivity contribution in [1.82, 2.24) is 20.0 Å². The van der Waals surface area contributed by atoms with Crippen LogP contribution >= 0.6 is 0 Å². The molecule has 0 radical (unpaired) electrons. The maximum absolute atomic E-state index is 12.6. The number of ether oxygens (including phenoxy) is 1. The monoisotopic (exact) mass is 385 g/mol. The summed E-state index contributed by atoms with van der Waals surface area (Å²) >= 11 is 0. The highest BCUT2D eigenvalue weighted by Gasteiger charge is 2.22. The Morgan fingerprint density at radius 2 is 1.96 bits per heavy atom. The molecule has 0 spiro atoms. The number of carbonyl (C=O) groups is 1. The van der Waals surface area contributed by atoms with E-state index in [1.54, 1.807) is 13.3 Å². The molecule has 28 heavy (non-hydrogen) atoms. The predicted molar refractivity (Wildman–Crippen MR) is 111 cm³/mol. The molecule has 0 atom stereocenters. The van der Waals surface area contributed by atoms with E-state index in [1.807, 2.05) is 35.0 Å². The van der Waals surface area contributed by atoms with Gasteiger partial charge in [0.1, 0.15) is 0 Å². The largest absolute Gasteiger partial charge is 0.383 e. The summed E-state index contributed by atoms with van der Waals surface area (Å²) in [6.07, 6.45) is 3.64. The molecule has 0 bridgehead atoms. The zero-order chi connectivity index (χ0) is 19.9. The summed E-state index contributed by atoms with van der Waals surface area (Å²) in [4.78, 5) is 14.9. The zero-order valence-electron chi connectivity index (χ0n) is 17.0. The maximum Gasteiger partial charge on any atom is 0.319 e. The molecule has 1 aromatic carbocycles. The lowest BCUT2D eigenvalue weighted by Gasteiger charge is -2.32. The Morgan fingerprint density at radius 3 is 2.61 bits per heavy atom. The summed E-state index contributed by atoms with van der Waals surface area (Å²) in [5.41, 5.74) is 2.74. The molecule has 152 valence electrons. The Hall–Kier alpha value is -2.38. The Labute approximate surface area is 167 Å². The van der Waals surface area contributed by atoms with Gasteiger partial charge in [-0.05, 0) is 30.9 Å². The van der Waals surface area contributed by atoms with Crippen LogP contribution < -0.4 is 10.6 Å². The molecule has 1 aliphatic heterocycles. The average molecular weight is 386 g/mol. The molecule has 2 N–H and O–H groups in total. The zero-order valence-corrected chi connectivity index (χ0v) is 17.0. The molecule has 0 aliphatic carbocycles. The van der Waals surface area contributed by atoms with Crippen LogP contribution in [0.2, 0.25) is 0 Å². The normalized spacial score (nSPS) is 15.7. The summed E-state index contributed by atoms with van der Waals surface area (Å²) < 4.78 is 7.03. The number of piperidine rings is 1. The Morgan fingerprint density at radius 1 is 1.25 bits per heavy atom. The van der Waals surface area contributed by atoms with Gasteiger partial charge in [-0.15, -0.1) is 0 Å². The molecule has 0 unspecified atom stereocenters. The van der Waals surface area contributed by atoms with Crippen LogP contribution in [0.4, 0.5) is 10.5 Å². The quantitative estimate of drug-likeness (QED) is 0.768. The molecule has 7 nitrogen and oxygen atoms in total. The standard InChI is InChI=1S/C21H31N5O2/c1-16(2)20-19(15-22-26(20)18-7-5-4-6-8-18)24-21(27)23-17-9-11-25(12-10-17)13-14-28-3/h4-8,15-17H,9-14H2,1-3H3,(H2,23,24,27). The van der Waals surface area contributed by atoms with Crippen LogP contribution in [0.25, 0.3) is 5.69 Å². The highest BCUT2D eigenvalue weighted by atomic mass is 16.5. The molecule has 1 fully saturated rings. The second-order valence-electron chi connectivity index (χ2n) is 7.55. The van der Waals surface area contributed by atoms with E-state index >= 15 is 0 Å². The van der Waals surface area contributed by atoms with Crippen molar-refractivity contribution in [3.05, 3.63) is 42.2 Å². The Bertz CT molecular complexity index is 751. The van der Waals surface area contributed by atoms with E-state index < -0.39 is 0 Å². The lowest BCUT2D eigenvalue weighted by Crippen LogP contribution is -2.46. The van der Waals surface area contributed by atoms with Gasteiger partial charge in [-0.1, -0.05) is 32.0 Å². The minimum Gasteiger partial charge on any atom is -0.383 e. The van der Waals surface area contributed by atoms with Gasteiger partial charge >= 0.3 is 6.03 Å². The highest BCUT2D eigenvalue weighted by molar-refractivity contribution is 5.90. The van der Waals surface area contributed by atoms with Gasteiger partial charge in [0, 0.05) is 32.8 Å². The number of anilines is 1. The fraction of sp³-hybridized carbons (Fsp3) is 0.524. The van der Waals surface area contributed by atoms with Crippen LogP contribution in [0, 0.1) is 0 Å². The minimum atomic E-state index is -0.162. The van der Waals surface area contributed by atoms with Crippen molar-refractivity contribution in [2.45, 2.75) is 38.6 Å². The number of benzene rings is 1. The van der Waals surface area contributed by atoms with Crippen molar-refractivity contribution in [3.8, 4) is 5.69 Å². The molecule has 0 saturated carbocycles. The van der Waals surface area contributed by atoms with E-state index in [1.165, 1.54) is 0 Å². The van der Waals surface area contributed by atoms with E-state index in [2.05, 4.69) is 34.5 Å².